The van der Waals surface area contributed by atoms with Gasteiger partial charge in [-0.05, 0) is 29.8 Å². The van der Waals surface area contributed by atoms with Gasteiger partial charge in [-0.3, -0.25) is 9.78 Å². The molecule has 4 heteroatoms. The molecule has 0 unspecified atom stereocenters. The molecule has 0 fully saturated rings. The van der Waals surface area contributed by atoms with Crippen LogP contribution in [0, 0.1) is 0 Å². The quantitative estimate of drug-likeness (QED) is 0.904. The van der Waals surface area contributed by atoms with Crippen molar-refractivity contribution < 1.29 is 4.79 Å². The van der Waals surface area contributed by atoms with E-state index in [1.807, 2.05) is 12.1 Å². The minimum Gasteiger partial charge on any atom is -0.369 e. The maximum atomic E-state index is 11.6. The van der Waals surface area contributed by atoms with E-state index in [0.717, 1.165) is 5.56 Å². The molecule has 86 valence electrons. The second-order valence-corrected chi connectivity index (χ2v) is 4.08. The molecule has 1 atom stereocenters. The van der Waals surface area contributed by atoms with Crippen molar-refractivity contribution in [2.75, 3.05) is 0 Å². The van der Waals surface area contributed by atoms with E-state index in [1.165, 1.54) is 0 Å². The van der Waals surface area contributed by atoms with Crippen molar-refractivity contribution in [1.82, 2.24) is 4.98 Å². The number of aromatic nitrogens is 1. The molecule has 2 N–H and O–H groups in total. The minimum atomic E-state index is -0.560. The zero-order valence-electron chi connectivity index (χ0n) is 9.01. The number of hydrogen-bond acceptors (Lipinski definition) is 2. The topological polar surface area (TPSA) is 56.0 Å². The summed E-state index contributed by atoms with van der Waals surface area (Å²) in [5.41, 5.74) is 6.81. The van der Waals surface area contributed by atoms with E-state index in [-0.39, 0.29) is 0 Å². The van der Waals surface area contributed by atoms with Crippen molar-refractivity contribution in [3.8, 4) is 0 Å². The van der Waals surface area contributed by atoms with Crippen LogP contribution >= 0.6 is 11.6 Å². The van der Waals surface area contributed by atoms with Crippen molar-refractivity contribution in [3.05, 3.63) is 64.9 Å². The van der Waals surface area contributed by atoms with Crippen molar-refractivity contribution in [2.24, 2.45) is 5.73 Å². The molecule has 0 saturated carbocycles. The smallest absolute Gasteiger partial charge is 0.231 e. The monoisotopic (exact) mass is 246 g/mol. The standard InChI is InChI=1S/C13H11ClN2O/c14-10-5-3-4-9(8-10)12(13(15)17)11-6-1-2-7-16-11/h1-8,12H,(H2,15,17)/t12-/m1/s1. The molecular formula is C13H11ClN2O. The summed E-state index contributed by atoms with van der Waals surface area (Å²) in [4.78, 5) is 15.7. The Kier molecular flexibility index (Phi) is 3.40. The maximum absolute atomic E-state index is 11.6. The van der Waals surface area contributed by atoms with Gasteiger partial charge < -0.3 is 5.73 Å². The normalized spacial score (nSPS) is 12.1. The molecule has 1 amide bonds. The number of nitrogens with two attached hydrogens (primary N) is 1. The van der Waals surface area contributed by atoms with Crippen molar-refractivity contribution in [3.63, 3.8) is 0 Å². The first-order chi connectivity index (χ1) is 8.18. The van der Waals surface area contributed by atoms with Crippen LogP contribution in [0.15, 0.2) is 48.7 Å². The zero-order chi connectivity index (χ0) is 12.3. The fraction of sp³-hybridized carbons (Fsp3) is 0.0769. The molecular weight excluding hydrogens is 236 g/mol. The molecule has 0 aliphatic heterocycles. The lowest BCUT2D eigenvalue weighted by Crippen LogP contribution is -2.23. The zero-order valence-corrected chi connectivity index (χ0v) is 9.76. The van der Waals surface area contributed by atoms with Gasteiger partial charge in [0.05, 0.1) is 5.69 Å². The van der Waals surface area contributed by atoms with E-state index in [0.29, 0.717) is 10.7 Å². The SMILES string of the molecule is NC(=O)[C@H](c1cccc(Cl)c1)c1ccccn1. The number of carbonyl (C=O) groups is 1. The van der Waals surface area contributed by atoms with E-state index < -0.39 is 11.8 Å². The van der Waals surface area contributed by atoms with Gasteiger partial charge in [0.25, 0.3) is 0 Å². The minimum absolute atomic E-state index is 0.439. The average Bonchev–Trinajstić information content (AvgIpc) is 2.30. The lowest BCUT2D eigenvalue weighted by atomic mass is 9.94. The van der Waals surface area contributed by atoms with Gasteiger partial charge in [-0.15, -0.1) is 0 Å². The molecule has 0 radical (unpaired) electrons. The third kappa shape index (κ3) is 2.63. The highest BCUT2D eigenvalue weighted by Crippen LogP contribution is 2.24. The first-order valence-electron chi connectivity index (χ1n) is 5.14. The number of rotatable bonds is 3. The summed E-state index contributed by atoms with van der Waals surface area (Å²) in [6.45, 7) is 0. The van der Waals surface area contributed by atoms with Crippen molar-refractivity contribution >= 4 is 17.5 Å². The Bertz CT molecular complexity index is 528. The number of hydrogen-bond donors (Lipinski definition) is 1. The highest BCUT2D eigenvalue weighted by Gasteiger charge is 2.21. The van der Waals surface area contributed by atoms with Gasteiger partial charge in [-0.1, -0.05) is 29.8 Å². The molecule has 3 nitrogen and oxygen atoms in total. The third-order valence-corrected chi connectivity index (χ3v) is 2.69. The second kappa shape index (κ2) is 4.97. The molecule has 17 heavy (non-hydrogen) atoms. The summed E-state index contributed by atoms with van der Waals surface area (Å²) < 4.78 is 0. The van der Waals surface area contributed by atoms with Crippen LogP contribution in [-0.4, -0.2) is 10.9 Å². The first-order valence-corrected chi connectivity index (χ1v) is 5.52. The van der Waals surface area contributed by atoms with Crippen LogP contribution < -0.4 is 5.73 Å². The van der Waals surface area contributed by atoms with Crippen LogP contribution in [0.1, 0.15) is 17.2 Å². The molecule has 1 heterocycles. The van der Waals surface area contributed by atoms with Crippen LogP contribution in [0.25, 0.3) is 0 Å². The lowest BCUT2D eigenvalue weighted by molar-refractivity contribution is -0.118. The molecule has 2 rings (SSSR count). The van der Waals surface area contributed by atoms with E-state index in [4.69, 9.17) is 17.3 Å². The first kappa shape index (κ1) is 11.6. The number of amides is 1. The highest BCUT2D eigenvalue weighted by molar-refractivity contribution is 6.30. The number of nitrogens with zero attached hydrogens (tertiary/aromatic N) is 1. The van der Waals surface area contributed by atoms with Gasteiger partial charge >= 0.3 is 0 Å². The number of benzene rings is 1. The largest absolute Gasteiger partial charge is 0.369 e. The molecule has 1 aromatic carbocycles. The van der Waals surface area contributed by atoms with Crippen LogP contribution in [0.3, 0.4) is 0 Å². The summed E-state index contributed by atoms with van der Waals surface area (Å²) in [5, 5.41) is 0.574. The lowest BCUT2D eigenvalue weighted by Gasteiger charge is -2.13. The van der Waals surface area contributed by atoms with E-state index in [9.17, 15) is 4.79 Å². The predicted molar refractivity (Wildman–Crippen MR) is 66.7 cm³/mol. The molecule has 0 aliphatic carbocycles. The predicted octanol–water partition coefficient (Wildman–Crippen LogP) is 2.35. The summed E-state index contributed by atoms with van der Waals surface area (Å²) in [6.07, 6.45) is 1.63. The van der Waals surface area contributed by atoms with E-state index in [2.05, 4.69) is 4.98 Å². The summed E-state index contributed by atoms with van der Waals surface area (Å²) in [5.74, 6) is -0.999. The Morgan fingerprint density at radius 2 is 2.06 bits per heavy atom. The Hall–Kier alpha value is -1.87. The second-order valence-electron chi connectivity index (χ2n) is 3.64. The number of carbonyl (C=O) groups excluding carboxylic acids is 1. The summed E-state index contributed by atoms with van der Waals surface area (Å²) in [6, 6.07) is 12.5. The van der Waals surface area contributed by atoms with Crippen LogP contribution in [0.4, 0.5) is 0 Å². The Morgan fingerprint density at radius 1 is 1.24 bits per heavy atom. The highest BCUT2D eigenvalue weighted by atomic mass is 35.5. The summed E-state index contributed by atoms with van der Waals surface area (Å²) in [7, 11) is 0. The fourth-order valence-corrected chi connectivity index (χ4v) is 1.91. The number of halogens is 1. The summed E-state index contributed by atoms with van der Waals surface area (Å²) >= 11 is 5.91. The van der Waals surface area contributed by atoms with E-state index >= 15 is 0 Å². The van der Waals surface area contributed by atoms with E-state index in [1.54, 1.807) is 36.5 Å². The Balaban J connectivity index is 2.47. The van der Waals surface area contributed by atoms with Gasteiger partial charge in [0.1, 0.15) is 5.92 Å². The molecule has 0 aliphatic rings. The van der Waals surface area contributed by atoms with Crippen LogP contribution in [0.5, 0.6) is 0 Å². The fourth-order valence-electron chi connectivity index (χ4n) is 1.71. The number of primary amides is 1. The molecule has 1 aromatic heterocycles. The Morgan fingerprint density at radius 3 is 2.65 bits per heavy atom. The van der Waals surface area contributed by atoms with Crippen molar-refractivity contribution in [1.29, 1.82) is 0 Å². The van der Waals surface area contributed by atoms with Crippen LogP contribution in [-0.2, 0) is 4.79 Å². The average molecular weight is 247 g/mol. The molecule has 2 aromatic rings. The van der Waals surface area contributed by atoms with Gasteiger partial charge in [0.15, 0.2) is 0 Å². The van der Waals surface area contributed by atoms with Crippen molar-refractivity contribution in [2.45, 2.75) is 5.92 Å². The third-order valence-electron chi connectivity index (χ3n) is 2.45. The van der Waals surface area contributed by atoms with Gasteiger partial charge in [0, 0.05) is 11.2 Å². The number of pyridine rings is 1. The Labute approximate surface area is 104 Å². The van der Waals surface area contributed by atoms with Gasteiger partial charge in [-0.25, -0.2) is 0 Å². The van der Waals surface area contributed by atoms with Gasteiger partial charge in [0.2, 0.25) is 5.91 Å². The maximum Gasteiger partial charge on any atom is 0.231 e. The molecule has 0 saturated heterocycles. The van der Waals surface area contributed by atoms with Crippen LogP contribution in [0.2, 0.25) is 5.02 Å². The molecule has 0 bridgehead atoms. The van der Waals surface area contributed by atoms with Gasteiger partial charge in [-0.2, -0.15) is 0 Å². The molecule has 0 spiro atoms.